The van der Waals surface area contributed by atoms with E-state index in [9.17, 15) is 0 Å². The van der Waals surface area contributed by atoms with Crippen LogP contribution in [0.2, 0.25) is 5.02 Å². The summed E-state index contributed by atoms with van der Waals surface area (Å²) in [6, 6.07) is 7.38. The number of hydrogen-bond donors (Lipinski definition) is 2. The summed E-state index contributed by atoms with van der Waals surface area (Å²) in [5, 5.41) is 15.0. The van der Waals surface area contributed by atoms with Gasteiger partial charge in [0.15, 0.2) is 5.82 Å². The Labute approximate surface area is 114 Å². The summed E-state index contributed by atoms with van der Waals surface area (Å²) in [5.41, 5.74) is 1.54. The molecule has 0 fully saturated rings. The molecule has 3 aromatic rings. The number of anilines is 3. The molecule has 7 heteroatoms. The van der Waals surface area contributed by atoms with Gasteiger partial charge in [-0.3, -0.25) is 4.40 Å². The van der Waals surface area contributed by atoms with Crippen molar-refractivity contribution < 1.29 is 0 Å². The molecule has 2 N–H and O–H groups in total. The lowest BCUT2D eigenvalue weighted by Gasteiger charge is -2.06. The van der Waals surface area contributed by atoms with E-state index in [0.29, 0.717) is 22.4 Å². The molecule has 0 radical (unpaired) electrons. The van der Waals surface area contributed by atoms with Gasteiger partial charge in [-0.05, 0) is 24.3 Å². The maximum atomic E-state index is 5.85. The molecular weight excluding hydrogens is 264 g/mol. The lowest BCUT2D eigenvalue weighted by atomic mass is 10.3. The smallest absolute Gasteiger partial charge is 0.228 e. The number of benzene rings is 1. The van der Waals surface area contributed by atoms with E-state index in [1.165, 1.54) is 0 Å². The van der Waals surface area contributed by atoms with Gasteiger partial charge in [-0.25, -0.2) is 4.98 Å². The Morgan fingerprint density at radius 3 is 2.68 bits per heavy atom. The zero-order valence-electron chi connectivity index (χ0n) is 10.1. The molecule has 0 unspecified atom stereocenters. The van der Waals surface area contributed by atoms with Gasteiger partial charge in [-0.15, -0.1) is 10.2 Å². The minimum absolute atomic E-state index is 0.638. The van der Waals surface area contributed by atoms with Crippen molar-refractivity contribution in [1.29, 1.82) is 0 Å². The normalized spacial score (nSPS) is 10.6. The Balaban J connectivity index is 2.01. The Hall–Kier alpha value is -2.34. The number of nitrogens with zero attached hydrogens (tertiary/aromatic N) is 4. The van der Waals surface area contributed by atoms with Gasteiger partial charge in [0.25, 0.3) is 0 Å². The molecule has 0 spiro atoms. The zero-order chi connectivity index (χ0) is 13.2. The van der Waals surface area contributed by atoms with Crippen molar-refractivity contribution in [2.45, 2.75) is 0 Å². The lowest BCUT2D eigenvalue weighted by molar-refractivity contribution is 1.09. The second-order valence-electron chi connectivity index (χ2n) is 3.87. The number of fused-ring (bicyclic) bond motifs is 1. The van der Waals surface area contributed by atoms with Crippen molar-refractivity contribution in [1.82, 2.24) is 19.6 Å². The number of halogens is 1. The summed E-state index contributed by atoms with van der Waals surface area (Å²) in [7, 11) is 1.79. The van der Waals surface area contributed by atoms with Crippen LogP contribution in [-0.4, -0.2) is 26.6 Å². The predicted molar refractivity (Wildman–Crippen MR) is 75.1 cm³/mol. The van der Waals surface area contributed by atoms with E-state index < -0.39 is 0 Å². The summed E-state index contributed by atoms with van der Waals surface area (Å²) >= 11 is 5.85. The fraction of sp³-hybridized carbons (Fsp3) is 0.0833. The van der Waals surface area contributed by atoms with Gasteiger partial charge in [-0.2, -0.15) is 0 Å². The molecule has 0 aliphatic rings. The second-order valence-corrected chi connectivity index (χ2v) is 4.31. The monoisotopic (exact) mass is 274 g/mol. The number of nitrogens with one attached hydrogen (secondary N) is 2. The molecule has 0 aliphatic heterocycles. The highest BCUT2D eigenvalue weighted by molar-refractivity contribution is 6.30. The van der Waals surface area contributed by atoms with Gasteiger partial charge in [0.05, 0.1) is 0 Å². The maximum Gasteiger partial charge on any atom is 0.228 e. The van der Waals surface area contributed by atoms with Gasteiger partial charge >= 0.3 is 0 Å². The lowest BCUT2D eigenvalue weighted by Crippen LogP contribution is -1.99. The fourth-order valence-electron chi connectivity index (χ4n) is 1.75. The molecule has 96 valence electrons. The summed E-state index contributed by atoms with van der Waals surface area (Å²) < 4.78 is 1.82. The van der Waals surface area contributed by atoms with E-state index in [0.717, 1.165) is 5.69 Å². The molecule has 0 saturated carbocycles. The first-order valence-electron chi connectivity index (χ1n) is 5.68. The Morgan fingerprint density at radius 1 is 1.16 bits per heavy atom. The Kier molecular flexibility index (Phi) is 2.92. The minimum atomic E-state index is 0.638. The highest BCUT2D eigenvalue weighted by atomic mass is 35.5. The van der Waals surface area contributed by atoms with Crippen LogP contribution in [0.3, 0.4) is 0 Å². The van der Waals surface area contributed by atoms with E-state index in [1.54, 1.807) is 19.4 Å². The summed E-state index contributed by atoms with van der Waals surface area (Å²) in [4.78, 5) is 4.28. The molecule has 0 saturated heterocycles. The molecule has 3 rings (SSSR count). The molecule has 19 heavy (non-hydrogen) atoms. The quantitative estimate of drug-likeness (QED) is 0.768. The Morgan fingerprint density at radius 2 is 1.95 bits per heavy atom. The van der Waals surface area contributed by atoms with Crippen molar-refractivity contribution in [3.8, 4) is 0 Å². The molecule has 0 atom stereocenters. The molecule has 0 bridgehead atoms. The minimum Gasteiger partial charge on any atom is -0.357 e. The fourth-order valence-corrected chi connectivity index (χ4v) is 1.88. The van der Waals surface area contributed by atoms with Crippen LogP contribution in [-0.2, 0) is 0 Å². The largest absolute Gasteiger partial charge is 0.357 e. The van der Waals surface area contributed by atoms with Crippen LogP contribution in [0.4, 0.5) is 17.5 Å². The van der Waals surface area contributed by atoms with Crippen LogP contribution in [0.25, 0.3) is 5.65 Å². The van der Waals surface area contributed by atoms with Crippen molar-refractivity contribution in [3.63, 3.8) is 0 Å². The topological polar surface area (TPSA) is 67.1 Å². The van der Waals surface area contributed by atoms with Crippen LogP contribution in [0.1, 0.15) is 0 Å². The third-order valence-electron chi connectivity index (χ3n) is 2.66. The molecule has 2 aromatic heterocycles. The van der Waals surface area contributed by atoms with Crippen LogP contribution in [0.5, 0.6) is 0 Å². The van der Waals surface area contributed by atoms with Gasteiger partial charge < -0.3 is 10.6 Å². The SMILES string of the molecule is CNc1nnc2c(Nc3ccc(Cl)cc3)nccn12. The van der Waals surface area contributed by atoms with Gasteiger partial charge in [0.2, 0.25) is 11.6 Å². The number of hydrogen-bond acceptors (Lipinski definition) is 5. The summed E-state index contributed by atoms with van der Waals surface area (Å²) in [5.74, 6) is 1.30. The van der Waals surface area contributed by atoms with Crippen molar-refractivity contribution in [2.24, 2.45) is 0 Å². The van der Waals surface area contributed by atoms with Crippen LogP contribution in [0.15, 0.2) is 36.7 Å². The molecule has 6 nitrogen and oxygen atoms in total. The first kappa shape index (κ1) is 11.7. The molecule has 1 aromatic carbocycles. The standard InChI is InChI=1S/C12H11ClN6/c1-14-12-18-17-11-10(15-6-7-19(11)12)16-9-4-2-8(13)3-5-9/h2-7H,1H3,(H,14,18)(H,15,16). The summed E-state index contributed by atoms with van der Waals surface area (Å²) in [6.07, 6.45) is 3.49. The van der Waals surface area contributed by atoms with E-state index in [2.05, 4.69) is 25.8 Å². The van der Waals surface area contributed by atoms with Gasteiger partial charge in [0, 0.05) is 30.2 Å². The van der Waals surface area contributed by atoms with Crippen LogP contribution >= 0.6 is 11.6 Å². The van der Waals surface area contributed by atoms with E-state index in [1.807, 2.05) is 28.7 Å². The molecular formula is C12H11ClN6. The molecule has 0 aliphatic carbocycles. The van der Waals surface area contributed by atoms with Crippen molar-refractivity contribution >= 4 is 34.7 Å². The predicted octanol–water partition coefficient (Wildman–Crippen LogP) is 2.56. The average Bonchev–Trinajstić information content (AvgIpc) is 2.85. The molecule has 0 amide bonds. The highest BCUT2D eigenvalue weighted by Crippen LogP contribution is 2.21. The number of aromatic nitrogens is 4. The maximum absolute atomic E-state index is 5.85. The highest BCUT2D eigenvalue weighted by Gasteiger charge is 2.09. The van der Waals surface area contributed by atoms with Crippen LogP contribution in [0, 0.1) is 0 Å². The van der Waals surface area contributed by atoms with Crippen molar-refractivity contribution in [2.75, 3.05) is 17.7 Å². The summed E-state index contributed by atoms with van der Waals surface area (Å²) in [6.45, 7) is 0. The van der Waals surface area contributed by atoms with Crippen LogP contribution < -0.4 is 10.6 Å². The number of rotatable bonds is 3. The van der Waals surface area contributed by atoms with Gasteiger partial charge in [-0.1, -0.05) is 11.6 Å². The van der Waals surface area contributed by atoms with Crippen molar-refractivity contribution in [3.05, 3.63) is 41.7 Å². The van der Waals surface area contributed by atoms with E-state index in [-0.39, 0.29) is 0 Å². The second kappa shape index (κ2) is 4.74. The third-order valence-corrected chi connectivity index (χ3v) is 2.91. The zero-order valence-corrected chi connectivity index (χ0v) is 10.9. The first-order valence-corrected chi connectivity index (χ1v) is 6.06. The van der Waals surface area contributed by atoms with E-state index >= 15 is 0 Å². The Bertz CT molecular complexity index is 706. The van der Waals surface area contributed by atoms with E-state index in [4.69, 9.17) is 11.6 Å². The first-order chi connectivity index (χ1) is 9.28. The molecule has 2 heterocycles. The van der Waals surface area contributed by atoms with Gasteiger partial charge in [0.1, 0.15) is 0 Å². The third kappa shape index (κ3) is 2.17. The average molecular weight is 275 g/mol.